The highest BCUT2D eigenvalue weighted by molar-refractivity contribution is 5.65. The second-order valence-corrected chi connectivity index (χ2v) is 2.97. The van der Waals surface area contributed by atoms with Crippen molar-refractivity contribution >= 4 is 5.97 Å². The van der Waals surface area contributed by atoms with Crippen LogP contribution in [0.4, 0.5) is 0 Å². The molecule has 0 rings (SSSR count). The third-order valence-electron chi connectivity index (χ3n) is 1.56. The van der Waals surface area contributed by atoms with Crippen molar-refractivity contribution < 1.29 is 14.3 Å². The van der Waals surface area contributed by atoms with E-state index < -0.39 is 0 Å². The molecule has 0 aromatic rings. The zero-order chi connectivity index (χ0) is 9.56. The van der Waals surface area contributed by atoms with Gasteiger partial charge in [0, 0.05) is 6.92 Å². The Hall–Kier alpha value is -0.570. The van der Waals surface area contributed by atoms with Crippen LogP contribution in [0.25, 0.3) is 0 Å². The van der Waals surface area contributed by atoms with Gasteiger partial charge in [0.1, 0.15) is 6.61 Å². The normalized spacial score (nSPS) is 15.3. The first-order valence-corrected chi connectivity index (χ1v) is 4.35. The Balaban J connectivity index is 3.45. The van der Waals surface area contributed by atoms with Crippen molar-refractivity contribution in [1.29, 1.82) is 0 Å². The first kappa shape index (κ1) is 11.4. The number of ether oxygens (including phenoxy) is 2. The topological polar surface area (TPSA) is 35.5 Å². The predicted molar refractivity (Wildman–Crippen MR) is 46.9 cm³/mol. The van der Waals surface area contributed by atoms with Crippen LogP contribution in [-0.4, -0.2) is 24.8 Å². The molecule has 72 valence electrons. The average Bonchev–Trinajstić information content (AvgIpc) is 2.00. The molecule has 0 aromatic heterocycles. The number of esters is 1. The number of carbonyl (C=O) groups is 1. The molecule has 0 aromatic carbocycles. The van der Waals surface area contributed by atoms with Crippen molar-refractivity contribution in [3.8, 4) is 0 Å². The van der Waals surface area contributed by atoms with Gasteiger partial charge in [0.2, 0.25) is 0 Å². The minimum Gasteiger partial charge on any atom is -0.463 e. The molecule has 2 atom stereocenters. The molecule has 0 bridgehead atoms. The first-order valence-electron chi connectivity index (χ1n) is 4.35. The highest BCUT2D eigenvalue weighted by Crippen LogP contribution is 2.01. The third kappa shape index (κ3) is 6.16. The van der Waals surface area contributed by atoms with Gasteiger partial charge >= 0.3 is 5.97 Å². The van der Waals surface area contributed by atoms with E-state index in [1.54, 1.807) is 0 Å². The monoisotopic (exact) mass is 174 g/mol. The van der Waals surface area contributed by atoms with E-state index in [9.17, 15) is 4.79 Å². The van der Waals surface area contributed by atoms with Crippen LogP contribution in [-0.2, 0) is 14.3 Å². The van der Waals surface area contributed by atoms with Crippen LogP contribution < -0.4 is 0 Å². The summed E-state index contributed by atoms with van der Waals surface area (Å²) in [6, 6.07) is 0. The lowest BCUT2D eigenvalue weighted by Gasteiger charge is -2.17. The van der Waals surface area contributed by atoms with Crippen LogP contribution in [0.1, 0.15) is 34.1 Å². The molecule has 0 fully saturated rings. The van der Waals surface area contributed by atoms with Gasteiger partial charge in [-0.2, -0.15) is 0 Å². The molecule has 0 saturated carbocycles. The van der Waals surface area contributed by atoms with Crippen molar-refractivity contribution in [2.24, 2.45) is 0 Å². The van der Waals surface area contributed by atoms with Crippen molar-refractivity contribution in [2.75, 3.05) is 6.61 Å². The smallest absolute Gasteiger partial charge is 0.302 e. The van der Waals surface area contributed by atoms with Gasteiger partial charge in [-0.25, -0.2) is 0 Å². The van der Waals surface area contributed by atoms with Crippen LogP contribution in [0.15, 0.2) is 0 Å². The van der Waals surface area contributed by atoms with E-state index in [2.05, 4.69) is 6.92 Å². The Morgan fingerprint density at radius 1 is 1.33 bits per heavy atom. The molecule has 0 heterocycles. The fraction of sp³-hybridized carbons (Fsp3) is 0.889. The van der Waals surface area contributed by atoms with Gasteiger partial charge < -0.3 is 9.47 Å². The van der Waals surface area contributed by atoms with Gasteiger partial charge in [-0.1, -0.05) is 6.92 Å². The van der Waals surface area contributed by atoms with Crippen LogP contribution in [0.5, 0.6) is 0 Å². The van der Waals surface area contributed by atoms with E-state index in [-0.39, 0.29) is 18.2 Å². The maximum Gasteiger partial charge on any atom is 0.302 e. The zero-order valence-corrected chi connectivity index (χ0v) is 8.29. The molecule has 0 spiro atoms. The number of hydrogen-bond acceptors (Lipinski definition) is 3. The molecule has 0 aliphatic carbocycles. The van der Waals surface area contributed by atoms with Gasteiger partial charge in [-0.05, 0) is 20.3 Å². The Morgan fingerprint density at radius 2 is 1.92 bits per heavy atom. The van der Waals surface area contributed by atoms with E-state index in [0.717, 1.165) is 6.42 Å². The molecule has 0 saturated heterocycles. The lowest BCUT2D eigenvalue weighted by Crippen LogP contribution is -2.22. The maximum atomic E-state index is 10.4. The van der Waals surface area contributed by atoms with Crippen molar-refractivity contribution in [1.82, 2.24) is 0 Å². The fourth-order valence-electron chi connectivity index (χ4n) is 0.767. The summed E-state index contributed by atoms with van der Waals surface area (Å²) in [7, 11) is 0. The largest absolute Gasteiger partial charge is 0.463 e. The Labute approximate surface area is 74.0 Å². The number of hydrogen-bond donors (Lipinski definition) is 0. The molecule has 0 aliphatic heterocycles. The molecule has 12 heavy (non-hydrogen) atoms. The molecule has 0 amide bonds. The Bertz CT molecular complexity index is 134. The summed E-state index contributed by atoms with van der Waals surface area (Å²) in [5.74, 6) is -0.255. The van der Waals surface area contributed by atoms with Crippen LogP contribution >= 0.6 is 0 Å². The molecular formula is C9H18O3. The lowest BCUT2D eigenvalue weighted by atomic mass is 10.3. The SMILES string of the molecule is CCC(C)OC(C)COC(C)=O. The van der Waals surface area contributed by atoms with E-state index in [1.165, 1.54) is 6.92 Å². The molecule has 3 heteroatoms. The second kappa shape index (κ2) is 6.00. The molecule has 3 nitrogen and oxygen atoms in total. The summed E-state index contributed by atoms with van der Waals surface area (Å²) >= 11 is 0. The lowest BCUT2D eigenvalue weighted by molar-refractivity contribution is -0.146. The molecular weight excluding hydrogens is 156 g/mol. The van der Waals surface area contributed by atoms with E-state index >= 15 is 0 Å². The second-order valence-electron chi connectivity index (χ2n) is 2.97. The van der Waals surface area contributed by atoms with Gasteiger partial charge in [-0.15, -0.1) is 0 Å². The first-order chi connectivity index (χ1) is 5.56. The fourth-order valence-corrected chi connectivity index (χ4v) is 0.767. The van der Waals surface area contributed by atoms with Crippen LogP contribution in [0, 0.1) is 0 Å². The summed E-state index contributed by atoms with van der Waals surface area (Å²) in [4.78, 5) is 10.4. The molecule has 0 radical (unpaired) electrons. The minimum atomic E-state index is -0.255. The van der Waals surface area contributed by atoms with Crippen molar-refractivity contribution in [3.63, 3.8) is 0 Å². The van der Waals surface area contributed by atoms with Gasteiger partial charge in [0.05, 0.1) is 12.2 Å². The molecule has 0 aliphatic rings. The zero-order valence-electron chi connectivity index (χ0n) is 8.29. The quantitative estimate of drug-likeness (QED) is 0.596. The van der Waals surface area contributed by atoms with Crippen molar-refractivity contribution in [3.05, 3.63) is 0 Å². The van der Waals surface area contributed by atoms with Gasteiger partial charge in [0.25, 0.3) is 0 Å². The summed E-state index contributed by atoms with van der Waals surface area (Å²) in [5, 5.41) is 0. The van der Waals surface area contributed by atoms with Crippen LogP contribution in [0.2, 0.25) is 0 Å². The van der Waals surface area contributed by atoms with Gasteiger partial charge in [-0.3, -0.25) is 4.79 Å². The molecule has 0 N–H and O–H groups in total. The standard InChI is InChI=1S/C9H18O3/c1-5-7(2)12-8(3)6-11-9(4)10/h7-8H,5-6H2,1-4H3. The van der Waals surface area contributed by atoms with E-state index in [0.29, 0.717) is 6.61 Å². The number of carbonyl (C=O) groups excluding carboxylic acids is 1. The highest BCUT2D eigenvalue weighted by Gasteiger charge is 2.07. The summed E-state index contributed by atoms with van der Waals surface area (Å²) in [5.41, 5.74) is 0. The minimum absolute atomic E-state index is 0.0103. The predicted octanol–water partition coefficient (Wildman–Crippen LogP) is 1.75. The summed E-state index contributed by atoms with van der Waals surface area (Å²) in [6.07, 6.45) is 1.20. The Kier molecular flexibility index (Phi) is 5.72. The summed E-state index contributed by atoms with van der Waals surface area (Å²) in [6.45, 7) is 7.71. The Morgan fingerprint density at radius 3 is 2.33 bits per heavy atom. The van der Waals surface area contributed by atoms with Crippen molar-refractivity contribution in [2.45, 2.75) is 46.3 Å². The van der Waals surface area contributed by atoms with E-state index in [4.69, 9.17) is 9.47 Å². The maximum absolute atomic E-state index is 10.4. The number of rotatable bonds is 5. The van der Waals surface area contributed by atoms with E-state index in [1.807, 2.05) is 13.8 Å². The highest BCUT2D eigenvalue weighted by atomic mass is 16.6. The van der Waals surface area contributed by atoms with Crippen LogP contribution in [0.3, 0.4) is 0 Å². The third-order valence-corrected chi connectivity index (χ3v) is 1.56. The van der Waals surface area contributed by atoms with Gasteiger partial charge in [0.15, 0.2) is 0 Å². The average molecular weight is 174 g/mol. The molecule has 2 unspecified atom stereocenters. The summed E-state index contributed by atoms with van der Waals surface area (Å²) < 4.78 is 10.3.